The van der Waals surface area contributed by atoms with Crippen LogP contribution in [-0.2, 0) is 6.61 Å². The van der Waals surface area contributed by atoms with E-state index < -0.39 is 0 Å². The predicted molar refractivity (Wildman–Crippen MR) is 82.3 cm³/mol. The lowest BCUT2D eigenvalue weighted by molar-refractivity contribution is 0.290. The van der Waals surface area contributed by atoms with Crippen molar-refractivity contribution in [2.45, 2.75) is 19.4 Å². The summed E-state index contributed by atoms with van der Waals surface area (Å²) >= 11 is 3.30. The first kappa shape index (κ1) is 15.0. The molecule has 0 fully saturated rings. The van der Waals surface area contributed by atoms with Gasteiger partial charge in [0.05, 0.1) is 0 Å². The Kier molecular flexibility index (Phi) is 5.15. The molecule has 0 heterocycles. The van der Waals surface area contributed by atoms with Gasteiger partial charge < -0.3 is 10.5 Å². The number of rotatable bonds is 5. The average Bonchev–Trinajstić information content (AvgIpc) is 2.48. The maximum absolute atomic E-state index is 13.5. The van der Waals surface area contributed by atoms with Gasteiger partial charge >= 0.3 is 0 Å². The van der Waals surface area contributed by atoms with Crippen LogP contribution in [-0.4, -0.2) is 6.54 Å². The molecular weight excluding hydrogens is 321 g/mol. The monoisotopic (exact) mass is 337 g/mol. The van der Waals surface area contributed by atoms with E-state index in [1.54, 1.807) is 12.1 Å². The van der Waals surface area contributed by atoms with Crippen molar-refractivity contribution in [1.82, 2.24) is 0 Å². The minimum atomic E-state index is -0.360. The third kappa shape index (κ3) is 3.81. The highest BCUT2D eigenvalue weighted by Crippen LogP contribution is 2.23. The lowest BCUT2D eigenvalue weighted by Crippen LogP contribution is -2.08. The third-order valence-electron chi connectivity index (χ3n) is 3.19. The Morgan fingerprint density at radius 3 is 2.55 bits per heavy atom. The van der Waals surface area contributed by atoms with E-state index in [2.05, 4.69) is 22.9 Å². The van der Waals surface area contributed by atoms with Gasteiger partial charge in [-0.15, -0.1) is 0 Å². The highest BCUT2D eigenvalue weighted by atomic mass is 79.9. The van der Waals surface area contributed by atoms with Crippen LogP contribution in [0.1, 0.15) is 24.0 Å². The number of hydrogen-bond donors (Lipinski definition) is 1. The first-order chi connectivity index (χ1) is 9.60. The van der Waals surface area contributed by atoms with Crippen LogP contribution in [0.2, 0.25) is 0 Å². The van der Waals surface area contributed by atoms with Gasteiger partial charge in [-0.1, -0.05) is 47.1 Å². The molecule has 0 amide bonds. The molecule has 0 aliphatic carbocycles. The molecule has 0 saturated carbocycles. The van der Waals surface area contributed by atoms with Gasteiger partial charge in [0, 0.05) is 4.47 Å². The van der Waals surface area contributed by atoms with Crippen LogP contribution in [0, 0.1) is 5.82 Å². The molecule has 0 aliphatic rings. The van der Waals surface area contributed by atoms with Gasteiger partial charge in [-0.05, 0) is 41.8 Å². The SMILES string of the molecule is CC(CN)c1ccc(COc2cc(Br)ccc2F)cc1. The van der Waals surface area contributed by atoms with Crippen LogP contribution in [0.15, 0.2) is 46.9 Å². The van der Waals surface area contributed by atoms with Gasteiger partial charge in [0.1, 0.15) is 6.61 Å². The zero-order chi connectivity index (χ0) is 14.5. The molecule has 0 aromatic heterocycles. The van der Waals surface area contributed by atoms with Crippen molar-refractivity contribution in [3.05, 3.63) is 63.9 Å². The quantitative estimate of drug-likeness (QED) is 0.886. The van der Waals surface area contributed by atoms with Gasteiger partial charge in [-0.3, -0.25) is 0 Å². The fourth-order valence-corrected chi connectivity index (χ4v) is 2.17. The minimum Gasteiger partial charge on any atom is -0.486 e. The molecule has 1 atom stereocenters. The van der Waals surface area contributed by atoms with E-state index in [0.717, 1.165) is 10.0 Å². The van der Waals surface area contributed by atoms with Crippen molar-refractivity contribution in [1.29, 1.82) is 0 Å². The largest absolute Gasteiger partial charge is 0.486 e. The fourth-order valence-electron chi connectivity index (χ4n) is 1.83. The van der Waals surface area contributed by atoms with E-state index in [1.165, 1.54) is 11.6 Å². The van der Waals surface area contributed by atoms with Crippen LogP contribution in [0.4, 0.5) is 4.39 Å². The summed E-state index contributed by atoms with van der Waals surface area (Å²) < 4.78 is 19.8. The Hall–Kier alpha value is -1.39. The van der Waals surface area contributed by atoms with Crippen molar-refractivity contribution in [3.63, 3.8) is 0 Å². The molecule has 2 N–H and O–H groups in total. The topological polar surface area (TPSA) is 35.2 Å². The Bertz CT molecular complexity index is 571. The number of nitrogens with two attached hydrogens (primary N) is 1. The Balaban J connectivity index is 2.02. The van der Waals surface area contributed by atoms with E-state index in [0.29, 0.717) is 19.1 Å². The maximum atomic E-state index is 13.5. The van der Waals surface area contributed by atoms with E-state index in [1.807, 2.05) is 24.3 Å². The van der Waals surface area contributed by atoms with Crippen LogP contribution >= 0.6 is 15.9 Å². The number of hydrogen-bond acceptors (Lipinski definition) is 2. The molecule has 0 radical (unpaired) electrons. The second-order valence-corrected chi connectivity index (χ2v) is 5.66. The number of ether oxygens (including phenoxy) is 1. The van der Waals surface area contributed by atoms with E-state index in [9.17, 15) is 4.39 Å². The zero-order valence-corrected chi connectivity index (χ0v) is 12.9. The minimum absolute atomic E-state index is 0.249. The molecule has 20 heavy (non-hydrogen) atoms. The van der Waals surface area contributed by atoms with Gasteiger partial charge in [0.25, 0.3) is 0 Å². The normalized spacial score (nSPS) is 12.2. The molecule has 0 spiro atoms. The second-order valence-electron chi connectivity index (χ2n) is 4.74. The molecule has 0 bridgehead atoms. The first-order valence-corrected chi connectivity index (χ1v) is 7.26. The summed E-state index contributed by atoms with van der Waals surface area (Å²) in [6.45, 7) is 3.05. The second kappa shape index (κ2) is 6.86. The third-order valence-corrected chi connectivity index (χ3v) is 3.68. The fraction of sp³-hybridized carbons (Fsp3) is 0.250. The molecule has 2 aromatic carbocycles. The van der Waals surface area contributed by atoms with Crippen molar-refractivity contribution in [2.24, 2.45) is 5.73 Å². The number of benzene rings is 2. The number of halogens is 2. The van der Waals surface area contributed by atoms with Crippen LogP contribution in [0.25, 0.3) is 0 Å². The Labute approximate surface area is 126 Å². The van der Waals surface area contributed by atoms with Gasteiger partial charge in [-0.2, -0.15) is 0 Å². The maximum Gasteiger partial charge on any atom is 0.165 e. The van der Waals surface area contributed by atoms with Crippen molar-refractivity contribution < 1.29 is 9.13 Å². The first-order valence-electron chi connectivity index (χ1n) is 6.47. The highest BCUT2D eigenvalue weighted by Gasteiger charge is 2.06. The van der Waals surface area contributed by atoms with Crippen molar-refractivity contribution in [3.8, 4) is 5.75 Å². The van der Waals surface area contributed by atoms with Gasteiger partial charge in [0.15, 0.2) is 11.6 Å². The summed E-state index contributed by atoms with van der Waals surface area (Å²) in [6, 6.07) is 12.7. The Morgan fingerprint density at radius 2 is 1.90 bits per heavy atom. The molecule has 106 valence electrons. The lowest BCUT2D eigenvalue weighted by atomic mass is 10.0. The summed E-state index contributed by atoms with van der Waals surface area (Å²) in [5.41, 5.74) is 7.83. The van der Waals surface area contributed by atoms with Crippen LogP contribution < -0.4 is 10.5 Å². The molecular formula is C16H17BrFNO. The standard InChI is InChI=1S/C16H17BrFNO/c1-11(9-19)13-4-2-12(3-5-13)10-20-16-8-14(17)6-7-15(16)18/h2-8,11H,9-10,19H2,1H3. The smallest absolute Gasteiger partial charge is 0.165 e. The predicted octanol–water partition coefficient (Wildman–Crippen LogP) is 4.23. The Morgan fingerprint density at radius 1 is 1.20 bits per heavy atom. The lowest BCUT2D eigenvalue weighted by Gasteiger charge is -2.11. The zero-order valence-electron chi connectivity index (χ0n) is 11.3. The molecule has 0 aliphatic heterocycles. The average molecular weight is 338 g/mol. The van der Waals surface area contributed by atoms with E-state index in [4.69, 9.17) is 10.5 Å². The van der Waals surface area contributed by atoms with Crippen LogP contribution in [0.3, 0.4) is 0 Å². The summed E-state index contributed by atoms with van der Waals surface area (Å²) in [5.74, 6) is 0.229. The summed E-state index contributed by atoms with van der Waals surface area (Å²) in [5, 5.41) is 0. The van der Waals surface area contributed by atoms with Crippen molar-refractivity contribution in [2.75, 3.05) is 6.54 Å². The highest BCUT2D eigenvalue weighted by molar-refractivity contribution is 9.10. The molecule has 0 saturated heterocycles. The molecule has 1 unspecified atom stereocenters. The summed E-state index contributed by atoms with van der Waals surface area (Å²) in [7, 11) is 0. The van der Waals surface area contributed by atoms with Gasteiger partial charge in [0.2, 0.25) is 0 Å². The van der Waals surface area contributed by atoms with Crippen LogP contribution in [0.5, 0.6) is 5.75 Å². The summed E-state index contributed by atoms with van der Waals surface area (Å²) in [4.78, 5) is 0. The van der Waals surface area contributed by atoms with Gasteiger partial charge in [-0.25, -0.2) is 4.39 Å². The summed E-state index contributed by atoms with van der Waals surface area (Å²) in [6.07, 6.45) is 0. The molecule has 2 rings (SSSR count). The molecule has 2 nitrogen and oxygen atoms in total. The van der Waals surface area contributed by atoms with Crippen molar-refractivity contribution >= 4 is 15.9 Å². The molecule has 4 heteroatoms. The van der Waals surface area contributed by atoms with E-state index in [-0.39, 0.29) is 11.6 Å². The molecule has 2 aromatic rings. The van der Waals surface area contributed by atoms with E-state index >= 15 is 0 Å².